The van der Waals surface area contributed by atoms with Crippen molar-refractivity contribution in [2.75, 3.05) is 19.5 Å². The Morgan fingerprint density at radius 1 is 1.00 bits per heavy atom. The maximum absolute atomic E-state index is 13.3. The summed E-state index contributed by atoms with van der Waals surface area (Å²) in [4.78, 5) is 26.5. The maximum atomic E-state index is 13.3. The van der Waals surface area contributed by atoms with E-state index in [9.17, 15) is 9.59 Å². The van der Waals surface area contributed by atoms with E-state index >= 15 is 0 Å². The van der Waals surface area contributed by atoms with Gasteiger partial charge in [0.1, 0.15) is 17.5 Å². The summed E-state index contributed by atoms with van der Waals surface area (Å²) in [6.45, 7) is 3.73. The van der Waals surface area contributed by atoms with Crippen LogP contribution in [0.15, 0.2) is 47.3 Å². The monoisotopic (exact) mass is 447 g/mol. The van der Waals surface area contributed by atoms with E-state index in [4.69, 9.17) is 14.6 Å². The number of hydrogen-bond acceptors (Lipinski definition) is 5. The highest BCUT2D eigenvalue weighted by Crippen LogP contribution is 2.30. The molecular formula is C26H29N3O4. The van der Waals surface area contributed by atoms with E-state index in [-0.39, 0.29) is 11.5 Å². The average Bonchev–Trinajstić information content (AvgIpc) is 2.84. The van der Waals surface area contributed by atoms with Gasteiger partial charge in [0.2, 0.25) is 5.91 Å². The number of nitrogens with zero attached hydrogens (tertiary/aromatic N) is 2. The fourth-order valence-corrected chi connectivity index (χ4v) is 4.20. The molecule has 1 atom stereocenters. The molecule has 0 saturated carbocycles. The number of aromatic nitrogens is 2. The average molecular weight is 448 g/mol. The van der Waals surface area contributed by atoms with E-state index < -0.39 is 6.04 Å². The molecule has 172 valence electrons. The molecule has 1 aliphatic carbocycles. The molecule has 0 bridgehead atoms. The van der Waals surface area contributed by atoms with Crippen molar-refractivity contribution in [3.8, 4) is 22.8 Å². The number of ether oxygens (including phenoxy) is 2. The summed E-state index contributed by atoms with van der Waals surface area (Å²) in [6, 6.07) is 12.4. The fraction of sp³-hybridized carbons (Fsp3) is 0.346. The van der Waals surface area contributed by atoms with Gasteiger partial charge in [0.25, 0.3) is 5.56 Å². The standard InChI is InChI=1S/C26H29N3O4/c1-16-9-11-18(12-10-16)24-22-7-5-6-8-23(22)26(31)29(28-24)17(2)25(30)27-19-13-20(32-3)15-21(14-19)33-4/h9-15,17H,5-8H2,1-4H3,(H,27,30). The van der Waals surface area contributed by atoms with Crippen molar-refractivity contribution in [3.63, 3.8) is 0 Å². The first-order chi connectivity index (χ1) is 15.9. The van der Waals surface area contributed by atoms with E-state index in [2.05, 4.69) is 5.32 Å². The molecule has 1 N–H and O–H groups in total. The molecule has 7 nitrogen and oxygen atoms in total. The predicted octanol–water partition coefficient (Wildman–Crippen LogP) is 4.31. The number of aryl methyl sites for hydroxylation is 1. The summed E-state index contributed by atoms with van der Waals surface area (Å²) in [5, 5.41) is 7.57. The Bertz CT molecular complexity index is 1210. The van der Waals surface area contributed by atoms with Gasteiger partial charge in [-0.15, -0.1) is 0 Å². The van der Waals surface area contributed by atoms with Crippen molar-refractivity contribution in [2.45, 2.75) is 45.6 Å². The quantitative estimate of drug-likeness (QED) is 0.609. The lowest BCUT2D eigenvalue weighted by Crippen LogP contribution is -2.37. The molecule has 0 radical (unpaired) electrons. The van der Waals surface area contributed by atoms with Gasteiger partial charge in [-0.3, -0.25) is 9.59 Å². The van der Waals surface area contributed by atoms with Gasteiger partial charge in [-0.05, 0) is 45.1 Å². The van der Waals surface area contributed by atoms with Crippen molar-refractivity contribution in [1.29, 1.82) is 0 Å². The number of hydrogen-bond donors (Lipinski definition) is 1. The van der Waals surface area contributed by atoms with Gasteiger partial charge in [-0.2, -0.15) is 5.10 Å². The lowest BCUT2D eigenvalue weighted by Gasteiger charge is -2.23. The molecule has 1 aliphatic rings. The number of nitrogens with one attached hydrogen (secondary N) is 1. The highest BCUT2D eigenvalue weighted by atomic mass is 16.5. The number of amides is 1. The summed E-state index contributed by atoms with van der Waals surface area (Å²) >= 11 is 0. The van der Waals surface area contributed by atoms with Crippen LogP contribution in [0, 0.1) is 6.92 Å². The number of anilines is 1. The second kappa shape index (κ2) is 9.48. The summed E-state index contributed by atoms with van der Waals surface area (Å²) in [5.74, 6) is 0.775. The second-order valence-electron chi connectivity index (χ2n) is 8.40. The van der Waals surface area contributed by atoms with Gasteiger partial charge in [0.05, 0.1) is 19.9 Å². The molecule has 0 spiro atoms. The topological polar surface area (TPSA) is 82.5 Å². The lowest BCUT2D eigenvalue weighted by molar-refractivity contribution is -0.119. The Kier molecular flexibility index (Phi) is 6.49. The SMILES string of the molecule is COc1cc(NC(=O)C(C)n2nc(-c3ccc(C)cc3)c3c(c2=O)CCCC3)cc(OC)c1. The fourth-order valence-electron chi connectivity index (χ4n) is 4.20. The third-order valence-corrected chi connectivity index (χ3v) is 6.12. The molecule has 1 amide bonds. The highest BCUT2D eigenvalue weighted by molar-refractivity contribution is 5.93. The normalized spacial score (nSPS) is 13.7. The van der Waals surface area contributed by atoms with Gasteiger partial charge in [-0.25, -0.2) is 4.68 Å². The van der Waals surface area contributed by atoms with Crippen LogP contribution in [0.5, 0.6) is 11.5 Å². The molecular weight excluding hydrogens is 418 g/mol. The minimum absolute atomic E-state index is 0.188. The van der Waals surface area contributed by atoms with Gasteiger partial charge < -0.3 is 14.8 Å². The molecule has 4 rings (SSSR count). The van der Waals surface area contributed by atoms with Crippen LogP contribution >= 0.6 is 0 Å². The van der Waals surface area contributed by atoms with Gasteiger partial charge >= 0.3 is 0 Å². The van der Waals surface area contributed by atoms with Crippen molar-refractivity contribution >= 4 is 11.6 Å². The van der Waals surface area contributed by atoms with Crippen molar-refractivity contribution in [3.05, 3.63) is 69.5 Å². The maximum Gasteiger partial charge on any atom is 0.271 e. The van der Waals surface area contributed by atoms with Crippen LogP contribution in [-0.4, -0.2) is 29.9 Å². The smallest absolute Gasteiger partial charge is 0.271 e. The van der Waals surface area contributed by atoms with Crippen molar-refractivity contribution in [1.82, 2.24) is 9.78 Å². The molecule has 3 aromatic rings. The largest absolute Gasteiger partial charge is 0.497 e. The molecule has 0 fully saturated rings. The predicted molar refractivity (Wildman–Crippen MR) is 128 cm³/mol. The van der Waals surface area contributed by atoms with Gasteiger partial charge in [0.15, 0.2) is 0 Å². The third kappa shape index (κ3) is 4.62. The number of methoxy groups -OCH3 is 2. The number of benzene rings is 2. The lowest BCUT2D eigenvalue weighted by atomic mass is 9.89. The van der Waals surface area contributed by atoms with Crippen LogP contribution in [0.4, 0.5) is 5.69 Å². The van der Waals surface area contributed by atoms with Gasteiger partial charge in [0, 0.05) is 35.0 Å². The van der Waals surface area contributed by atoms with E-state index in [0.29, 0.717) is 23.6 Å². The highest BCUT2D eigenvalue weighted by Gasteiger charge is 2.26. The molecule has 33 heavy (non-hydrogen) atoms. The first kappa shape index (κ1) is 22.6. The summed E-state index contributed by atoms with van der Waals surface area (Å²) < 4.78 is 11.9. The molecule has 1 unspecified atom stereocenters. The molecule has 7 heteroatoms. The summed E-state index contributed by atoms with van der Waals surface area (Å²) in [7, 11) is 3.10. The zero-order valence-corrected chi connectivity index (χ0v) is 19.5. The number of carbonyl (C=O) groups excluding carboxylic acids is 1. The van der Waals surface area contributed by atoms with E-state index in [0.717, 1.165) is 47.2 Å². The molecule has 2 aromatic carbocycles. The number of carbonyl (C=O) groups is 1. The van der Waals surface area contributed by atoms with Crippen LogP contribution < -0.4 is 20.3 Å². The van der Waals surface area contributed by atoms with E-state index in [1.807, 2.05) is 31.2 Å². The van der Waals surface area contributed by atoms with Gasteiger partial charge in [-0.1, -0.05) is 29.8 Å². The molecule has 1 heterocycles. The Morgan fingerprint density at radius 2 is 1.61 bits per heavy atom. The Balaban J connectivity index is 1.72. The Hall–Kier alpha value is -3.61. The van der Waals surface area contributed by atoms with Crippen molar-refractivity contribution < 1.29 is 14.3 Å². The van der Waals surface area contributed by atoms with E-state index in [1.165, 1.54) is 4.68 Å². The zero-order chi connectivity index (χ0) is 23.5. The Morgan fingerprint density at radius 3 is 2.21 bits per heavy atom. The first-order valence-corrected chi connectivity index (χ1v) is 11.2. The molecule has 0 aliphatic heterocycles. The van der Waals surface area contributed by atoms with Crippen LogP contribution in [0.25, 0.3) is 11.3 Å². The number of rotatable bonds is 6. The Labute approximate surface area is 193 Å². The van der Waals surface area contributed by atoms with Crippen LogP contribution in [-0.2, 0) is 17.6 Å². The zero-order valence-electron chi connectivity index (χ0n) is 19.5. The van der Waals surface area contributed by atoms with E-state index in [1.54, 1.807) is 39.3 Å². The third-order valence-electron chi connectivity index (χ3n) is 6.12. The summed E-state index contributed by atoms with van der Waals surface area (Å²) in [5.41, 5.74) is 5.01. The molecule has 1 aromatic heterocycles. The minimum atomic E-state index is -0.800. The van der Waals surface area contributed by atoms with Crippen LogP contribution in [0.1, 0.15) is 42.5 Å². The number of fused-ring (bicyclic) bond motifs is 1. The van der Waals surface area contributed by atoms with Crippen molar-refractivity contribution in [2.24, 2.45) is 0 Å². The summed E-state index contributed by atoms with van der Waals surface area (Å²) in [6.07, 6.45) is 3.53. The van der Waals surface area contributed by atoms with Crippen LogP contribution in [0.3, 0.4) is 0 Å². The second-order valence-corrected chi connectivity index (χ2v) is 8.40. The molecule has 0 saturated heterocycles. The van der Waals surface area contributed by atoms with Crippen LogP contribution in [0.2, 0.25) is 0 Å². The minimum Gasteiger partial charge on any atom is -0.497 e. The first-order valence-electron chi connectivity index (χ1n) is 11.2.